The van der Waals surface area contributed by atoms with Gasteiger partial charge in [0, 0.05) is 5.02 Å². The Kier molecular flexibility index (Phi) is 3.32. The zero-order chi connectivity index (χ0) is 16.0. The van der Waals surface area contributed by atoms with E-state index in [2.05, 4.69) is 10.1 Å². The summed E-state index contributed by atoms with van der Waals surface area (Å²) in [5.41, 5.74) is 1.20. The summed E-state index contributed by atoms with van der Waals surface area (Å²) in [5, 5.41) is 5.47. The molecule has 0 aliphatic carbocycles. The maximum absolute atomic E-state index is 12.6. The number of nitrogens with zero attached hydrogens (tertiary/aromatic N) is 4. The average Bonchev–Trinajstić information content (AvgIpc) is 2.95. The minimum atomic E-state index is -0.218. The smallest absolute Gasteiger partial charge is 0.267 e. The van der Waals surface area contributed by atoms with Gasteiger partial charge >= 0.3 is 0 Å². The number of rotatable bonds is 2. The lowest BCUT2D eigenvalue weighted by molar-refractivity contribution is 0.884. The van der Waals surface area contributed by atoms with Gasteiger partial charge in [0.05, 0.1) is 22.5 Å². The van der Waals surface area contributed by atoms with E-state index in [0.29, 0.717) is 27.5 Å². The minimum absolute atomic E-state index is 0.155. The van der Waals surface area contributed by atoms with Gasteiger partial charge in [-0.15, -0.1) is 16.7 Å². The zero-order valence-corrected chi connectivity index (χ0v) is 13.3. The van der Waals surface area contributed by atoms with Crippen LogP contribution in [0, 0.1) is 0 Å². The molecular weight excluding hydrogens is 335 g/mol. The van der Waals surface area contributed by atoms with Crippen molar-refractivity contribution >= 4 is 39.9 Å². The number of hydrogen-bond acceptors (Lipinski definition) is 3. The van der Waals surface area contributed by atoms with Crippen LogP contribution in [0.3, 0.4) is 0 Å². The summed E-state index contributed by atoms with van der Waals surface area (Å²) >= 11 is 12.0. The molecule has 0 saturated heterocycles. The second-order valence-corrected chi connectivity index (χ2v) is 5.71. The topological polar surface area (TPSA) is 52.2 Å². The maximum atomic E-state index is 12.6. The Bertz CT molecular complexity index is 1080. The second kappa shape index (κ2) is 5.37. The van der Waals surface area contributed by atoms with Crippen molar-refractivity contribution in [3.8, 4) is 5.69 Å². The van der Waals surface area contributed by atoms with Crippen LogP contribution in [0.25, 0.3) is 22.4 Å². The molecule has 2 aromatic carbocycles. The van der Waals surface area contributed by atoms with Gasteiger partial charge < -0.3 is 0 Å². The number of para-hydroxylation sites is 1. The fourth-order valence-electron chi connectivity index (χ4n) is 2.56. The van der Waals surface area contributed by atoms with Crippen molar-refractivity contribution in [2.45, 2.75) is 5.88 Å². The normalized spacial score (nSPS) is 11.4. The Morgan fingerprint density at radius 1 is 1.04 bits per heavy atom. The number of benzene rings is 2. The molecule has 0 aliphatic rings. The molecule has 5 nitrogen and oxygen atoms in total. The van der Waals surface area contributed by atoms with Gasteiger partial charge in [-0.2, -0.15) is 4.52 Å². The van der Waals surface area contributed by atoms with Crippen LogP contribution in [0.2, 0.25) is 5.02 Å². The van der Waals surface area contributed by atoms with Gasteiger partial charge in [-0.05, 0) is 36.4 Å². The molecule has 0 aliphatic heterocycles. The summed E-state index contributed by atoms with van der Waals surface area (Å²) in [6.45, 7) is 0. The first-order valence-corrected chi connectivity index (χ1v) is 7.81. The van der Waals surface area contributed by atoms with Crippen LogP contribution in [-0.4, -0.2) is 19.2 Å². The van der Waals surface area contributed by atoms with Crippen molar-refractivity contribution in [1.82, 2.24) is 19.2 Å². The molecule has 2 heterocycles. The molecule has 0 unspecified atom stereocenters. The summed E-state index contributed by atoms with van der Waals surface area (Å²) in [4.78, 5) is 17.2. The highest BCUT2D eigenvalue weighted by molar-refractivity contribution is 6.30. The van der Waals surface area contributed by atoms with Crippen LogP contribution in [0.15, 0.2) is 53.3 Å². The van der Waals surface area contributed by atoms with Crippen LogP contribution in [-0.2, 0) is 5.88 Å². The van der Waals surface area contributed by atoms with Gasteiger partial charge in [0.25, 0.3) is 5.56 Å². The van der Waals surface area contributed by atoms with E-state index in [9.17, 15) is 4.79 Å². The van der Waals surface area contributed by atoms with Crippen LogP contribution >= 0.6 is 23.2 Å². The summed E-state index contributed by atoms with van der Waals surface area (Å²) in [7, 11) is 0. The van der Waals surface area contributed by atoms with Gasteiger partial charge in [0.1, 0.15) is 0 Å². The molecule has 2 aromatic heterocycles. The predicted molar refractivity (Wildman–Crippen MR) is 90.7 cm³/mol. The number of fused-ring (bicyclic) bond motifs is 2. The molecule has 4 aromatic rings. The molecule has 0 amide bonds. The number of hydrogen-bond donors (Lipinski definition) is 0. The largest absolute Gasteiger partial charge is 0.283 e. The Morgan fingerprint density at radius 3 is 2.52 bits per heavy atom. The Hall–Kier alpha value is -2.37. The Morgan fingerprint density at radius 2 is 1.78 bits per heavy atom. The molecule has 0 radical (unpaired) electrons. The quantitative estimate of drug-likeness (QED) is 0.523. The van der Waals surface area contributed by atoms with E-state index in [1.807, 2.05) is 18.2 Å². The highest BCUT2D eigenvalue weighted by Crippen LogP contribution is 2.19. The maximum Gasteiger partial charge on any atom is 0.283 e. The first-order chi connectivity index (χ1) is 11.2. The van der Waals surface area contributed by atoms with Crippen molar-refractivity contribution in [2.24, 2.45) is 0 Å². The average molecular weight is 345 g/mol. The molecule has 23 heavy (non-hydrogen) atoms. The molecule has 0 fully saturated rings. The third-order valence-corrected chi connectivity index (χ3v) is 4.11. The van der Waals surface area contributed by atoms with Crippen LogP contribution < -0.4 is 5.56 Å². The van der Waals surface area contributed by atoms with Crippen molar-refractivity contribution in [3.05, 3.63) is 69.7 Å². The highest BCUT2D eigenvalue weighted by atomic mass is 35.5. The molecule has 114 valence electrons. The summed E-state index contributed by atoms with van der Waals surface area (Å²) in [6.07, 6.45) is 0. The minimum Gasteiger partial charge on any atom is -0.267 e. The Balaban J connectivity index is 2.14. The van der Waals surface area contributed by atoms with Crippen molar-refractivity contribution in [1.29, 1.82) is 0 Å². The van der Waals surface area contributed by atoms with E-state index in [0.717, 1.165) is 5.69 Å². The summed E-state index contributed by atoms with van der Waals surface area (Å²) < 4.78 is 3.05. The van der Waals surface area contributed by atoms with Crippen molar-refractivity contribution < 1.29 is 0 Å². The highest BCUT2D eigenvalue weighted by Gasteiger charge is 2.16. The second-order valence-electron chi connectivity index (χ2n) is 5.01. The number of aromatic nitrogens is 4. The van der Waals surface area contributed by atoms with E-state index in [-0.39, 0.29) is 11.4 Å². The molecule has 0 saturated carbocycles. The van der Waals surface area contributed by atoms with Crippen LogP contribution in [0.4, 0.5) is 0 Å². The van der Waals surface area contributed by atoms with E-state index < -0.39 is 0 Å². The fourth-order valence-corrected chi connectivity index (χ4v) is 2.86. The molecule has 0 atom stereocenters. The molecule has 0 spiro atoms. The third-order valence-electron chi connectivity index (χ3n) is 3.61. The SMILES string of the molecule is O=c1c2ccccc2nc2n(-c3ccc(Cl)cc3)c(CCl)nn12. The number of alkyl halides is 1. The molecule has 4 rings (SSSR count). The van der Waals surface area contributed by atoms with Crippen LogP contribution in [0.1, 0.15) is 5.82 Å². The van der Waals surface area contributed by atoms with Crippen LogP contribution in [0.5, 0.6) is 0 Å². The monoisotopic (exact) mass is 344 g/mol. The molecule has 0 N–H and O–H groups in total. The first kappa shape index (κ1) is 14.2. The molecule has 7 heteroatoms. The van der Waals surface area contributed by atoms with Gasteiger partial charge in [0.2, 0.25) is 5.78 Å². The van der Waals surface area contributed by atoms with E-state index in [1.54, 1.807) is 34.9 Å². The lowest BCUT2D eigenvalue weighted by Gasteiger charge is -2.06. The van der Waals surface area contributed by atoms with E-state index in [1.165, 1.54) is 4.52 Å². The zero-order valence-electron chi connectivity index (χ0n) is 11.8. The molecular formula is C16H10Cl2N4O. The lowest BCUT2D eigenvalue weighted by atomic mass is 10.2. The van der Waals surface area contributed by atoms with Gasteiger partial charge in [-0.25, -0.2) is 4.98 Å². The van der Waals surface area contributed by atoms with Crippen molar-refractivity contribution in [3.63, 3.8) is 0 Å². The summed E-state index contributed by atoms with van der Waals surface area (Å²) in [5.74, 6) is 1.11. The predicted octanol–water partition coefficient (Wildman–Crippen LogP) is 3.43. The fraction of sp³-hybridized carbons (Fsp3) is 0.0625. The lowest BCUT2D eigenvalue weighted by Crippen LogP contribution is -2.16. The van der Waals surface area contributed by atoms with Gasteiger partial charge in [0.15, 0.2) is 5.82 Å². The van der Waals surface area contributed by atoms with E-state index in [4.69, 9.17) is 23.2 Å². The first-order valence-electron chi connectivity index (χ1n) is 6.90. The number of halogens is 2. The van der Waals surface area contributed by atoms with E-state index >= 15 is 0 Å². The third kappa shape index (κ3) is 2.20. The Labute approximate surface area is 140 Å². The van der Waals surface area contributed by atoms with Crippen molar-refractivity contribution in [2.75, 3.05) is 0 Å². The standard InChI is InChI=1S/C16H10Cl2N4O/c17-9-14-20-22-15(23)12-3-1-2-4-13(12)19-16(22)21(14)11-7-5-10(18)6-8-11/h1-8H,9H2. The van der Waals surface area contributed by atoms with Gasteiger partial charge in [-0.3, -0.25) is 9.36 Å². The molecule has 0 bridgehead atoms. The van der Waals surface area contributed by atoms with Gasteiger partial charge in [-0.1, -0.05) is 23.7 Å². The summed E-state index contributed by atoms with van der Waals surface area (Å²) in [6, 6.07) is 14.4.